The predicted octanol–water partition coefficient (Wildman–Crippen LogP) is 2.44. The first-order chi connectivity index (χ1) is 11.1. The van der Waals surface area contributed by atoms with Gasteiger partial charge in [0, 0.05) is 26.1 Å². The van der Waals surface area contributed by atoms with Gasteiger partial charge in [-0.05, 0) is 56.0 Å². The van der Waals surface area contributed by atoms with Crippen LogP contribution >= 0.6 is 0 Å². The normalized spacial score (nSPS) is 15.3. The molecule has 5 nitrogen and oxygen atoms in total. The molecule has 0 aromatic heterocycles. The van der Waals surface area contributed by atoms with Crippen LogP contribution in [0.25, 0.3) is 0 Å². The molecule has 1 aromatic carbocycles. The zero-order valence-corrected chi connectivity index (χ0v) is 14.4. The van der Waals surface area contributed by atoms with E-state index in [4.69, 9.17) is 9.47 Å². The molecule has 2 rings (SSSR count). The van der Waals surface area contributed by atoms with Gasteiger partial charge < -0.3 is 19.7 Å². The quantitative estimate of drug-likeness (QED) is 0.838. The molecular formula is C18H28N2O3. The van der Waals surface area contributed by atoms with Crippen molar-refractivity contribution in [2.75, 3.05) is 34.4 Å². The van der Waals surface area contributed by atoms with Gasteiger partial charge in [0.2, 0.25) is 5.91 Å². The van der Waals surface area contributed by atoms with Crippen molar-refractivity contribution in [3.05, 3.63) is 23.8 Å². The van der Waals surface area contributed by atoms with Crippen LogP contribution in [-0.2, 0) is 11.3 Å². The molecule has 0 bridgehead atoms. The molecule has 1 saturated heterocycles. The van der Waals surface area contributed by atoms with E-state index in [0.717, 1.165) is 36.6 Å². The Morgan fingerprint density at radius 3 is 2.35 bits per heavy atom. The average Bonchev–Trinajstić information content (AvgIpc) is 2.60. The Balaban J connectivity index is 1.87. The smallest absolute Gasteiger partial charge is 0.222 e. The molecule has 0 saturated carbocycles. The van der Waals surface area contributed by atoms with Gasteiger partial charge in [-0.2, -0.15) is 0 Å². The predicted molar refractivity (Wildman–Crippen MR) is 90.8 cm³/mol. The second-order valence-corrected chi connectivity index (χ2v) is 6.20. The molecule has 1 amide bonds. The third-order valence-electron chi connectivity index (χ3n) is 4.48. The van der Waals surface area contributed by atoms with E-state index in [0.29, 0.717) is 18.9 Å². The minimum atomic E-state index is 0.199. The lowest BCUT2D eigenvalue weighted by Crippen LogP contribution is -2.30. The number of rotatable bonds is 7. The molecule has 5 heteroatoms. The number of carbonyl (C=O) groups excluding carboxylic acids is 1. The Morgan fingerprint density at radius 1 is 1.17 bits per heavy atom. The van der Waals surface area contributed by atoms with Crippen LogP contribution in [0.1, 0.15) is 31.2 Å². The third kappa shape index (κ3) is 5.43. The highest BCUT2D eigenvalue weighted by atomic mass is 16.5. The van der Waals surface area contributed by atoms with Crippen LogP contribution in [0.3, 0.4) is 0 Å². The largest absolute Gasteiger partial charge is 0.497 e. The third-order valence-corrected chi connectivity index (χ3v) is 4.48. The van der Waals surface area contributed by atoms with E-state index in [1.165, 1.54) is 12.8 Å². The topological polar surface area (TPSA) is 50.8 Å². The fourth-order valence-electron chi connectivity index (χ4n) is 3.01. The highest BCUT2D eigenvalue weighted by Gasteiger charge is 2.16. The maximum atomic E-state index is 12.3. The molecule has 1 aliphatic rings. The summed E-state index contributed by atoms with van der Waals surface area (Å²) in [5.74, 6) is 2.38. The molecule has 0 atom stereocenters. The molecule has 128 valence electrons. The van der Waals surface area contributed by atoms with Crippen LogP contribution in [0.4, 0.5) is 0 Å². The second kappa shape index (κ2) is 8.77. The standard InChI is InChI=1S/C18H28N2O3/c1-20(18(21)5-4-14-6-8-19-9-7-14)13-15-10-16(22-2)12-17(11-15)23-3/h10-12,14,19H,4-9,13H2,1-3H3. The second-order valence-electron chi connectivity index (χ2n) is 6.20. The van der Waals surface area contributed by atoms with Crippen molar-refractivity contribution in [2.24, 2.45) is 5.92 Å². The minimum absolute atomic E-state index is 0.199. The van der Waals surface area contributed by atoms with Crippen molar-refractivity contribution < 1.29 is 14.3 Å². The average molecular weight is 320 g/mol. The molecular weight excluding hydrogens is 292 g/mol. The van der Waals surface area contributed by atoms with E-state index in [1.54, 1.807) is 19.1 Å². The lowest BCUT2D eigenvalue weighted by Gasteiger charge is -2.24. The number of nitrogens with zero attached hydrogens (tertiary/aromatic N) is 1. The van der Waals surface area contributed by atoms with Gasteiger partial charge in [-0.15, -0.1) is 0 Å². The first kappa shape index (κ1) is 17.6. The van der Waals surface area contributed by atoms with Gasteiger partial charge in [0.15, 0.2) is 0 Å². The van der Waals surface area contributed by atoms with Gasteiger partial charge in [0.1, 0.15) is 11.5 Å². The van der Waals surface area contributed by atoms with E-state index in [1.807, 2.05) is 25.2 Å². The number of ether oxygens (including phenoxy) is 2. The Labute approximate surface area is 139 Å². The minimum Gasteiger partial charge on any atom is -0.497 e. The number of hydrogen-bond donors (Lipinski definition) is 1. The monoisotopic (exact) mass is 320 g/mol. The van der Waals surface area contributed by atoms with Gasteiger partial charge in [-0.25, -0.2) is 0 Å². The highest BCUT2D eigenvalue weighted by Crippen LogP contribution is 2.24. The molecule has 0 unspecified atom stereocenters. The van der Waals surface area contributed by atoms with Crippen molar-refractivity contribution in [1.29, 1.82) is 0 Å². The molecule has 0 radical (unpaired) electrons. The maximum absolute atomic E-state index is 12.3. The molecule has 1 aliphatic heterocycles. The van der Waals surface area contributed by atoms with E-state index in [2.05, 4.69) is 5.32 Å². The van der Waals surface area contributed by atoms with Crippen molar-refractivity contribution in [3.8, 4) is 11.5 Å². The van der Waals surface area contributed by atoms with Crippen LogP contribution in [0.15, 0.2) is 18.2 Å². The SMILES string of the molecule is COc1cc(CN(C)C(=O)CCC2CCNCC2)cc(OC)c1. The van der Waals surface area contributed by atoms with Gasteiger partial charge in [-0.3, -0.25) is 4.79 Å². The number of piperidine rings is 1. The summed E-state index contributed by atoms with van der Waals surface area (Å²) in [6.45, 7) is 2.73. The van der Waals surface area contributed by atoms with Crippen LogP contribution in [0.5, 0.6) is 11.5 Å². The maximum Gasteiger partial charge on any atom is 0.222 e. The summed E-state index contributed by atoms with van der Waals surface area (Å²) in [5.41, 5.74) is 1.01. The Hall–Kier alpha value is -1.75. The fraction of sp³-hybridized carbons (Fsp3) is 0.611. The summed E-state index contributed by atoms with van der Waals surface area (Å²) in [7, 11) is 5.12. The Kier molecular flexibility index (Phi) is 6.71. The Bertz CT molecular complexity index is 491. The summed E-state index contributed by atoms with van der Waals surface area (Å²) >= 11 is 0. The zero-order valence-electron chi connectivity index (χ0n) is 14.4. The number of hydrogen-bond acceptors (Lipinski definition) is 4. The lowest BCUT2D eigenvalue weighted by molar-refractivity contribution is -0.130. The fourth-order valence-corrected chi connectivity index (χ4v) is 3.01. The van der Waals surface area contributed by atoms with Crippen LogP contribution in [0, 0.1) is 5.92 Å². The summed E-state index contributed by atoms with van der Waals surface area (Å²) in [6.07, 6.45) is 3.99. The molecule has 1 aromatic rings. The summed E-state index contributed by atoms with van der Waals surface area (Å²) in [5, 5.41) is 3.36. The van der Waals surface area contributed by atoms with Crippen molar-refractivity contribution in [3.63, 3.8) is 0 Å². The first-order valence-electron chi connectivity index (χ1n) is 8.29. The summed E-state index contributed by atoms with van der Waals surface area (Å²) < 4.78 is 10.6. The lowest BCUT2D eigenvalue weighted by atomic mass is 9.93. The molecule has 1 heterocycles. The molecule has 1 N–H and O–H groups in total. The molecule has 1 fully saturated rings. The van der Waals surface area contributed by atoms with Crippen molar-refractivity contribution in [2.45, 2.75) is 32.2 Å². The van der Waals surface area contributed by atoms with Crippen molar-refractivity contribution in [1.82, 2.24) is 10.2 Å². The van der Waals surface area contributed by atoms with Gasteiger partial charge in [0.05, 0.1) is 14.2 Å². The highest BCUT2D eigenvalue weighted by molar-refractivity contribution is 5.75. The van der Waals surface area contributed by atoms with Crippen LogP contribution < -0.4 is 14.8 Å². The van der Waals surface area contributed by atoms with Crippen molar-refractivity contribution >= 4 is 5.91 Å². The number of amides is 1. The van der Waals surface area contributed by atoms with Gasteiger partial charge in [-0.1, -0.05) is 0 Å². The molecule has 0 aliphatic carbocycles. The first-order valence-corrected chi connectivity index (χ1v) is 8.29. The number of benzene rings is 1. The zero-order chi connectivity index (χ0) is 16.7. The van der Waals surface area contributed by atoms with Gasteiger partial charge >= 0.3 is 0 Å². The number of carbonyl (C=O) groups is 1. The van der Waals surface area contributed by atoms with Crippen LogP contribution in [0.2, 0.25) is 0 Å². The van der Waals surface area contributed by atoms with Gasteiger partial charge in [0.25, 0.3) is 0 Å². The van der Waals surface area contributed by atoms with Crippen LogP contribution in [-0.4, -0.2) is 45.2 Å². The van der Waals surface area contributed by atoms with E-state index >= 15 is 0 Å². The van der Waals surface area contributed by atoms with E-state index in [-0.39, 0.29) is 5.91 Å². The molecule has 0 spiro atoms. The summed E-state index contributed by atoms with van der Waals surface area (Å²) in [4.78, 5) is 14.1. The van der Waals surface area contributed by atoms with E-state index < -0.39 is 0 Å². The molecule has 23 heavy (non-hydrogen) atoms. The Morgan fingerprint density at radius 2 is 1.78 bits per heavy atom. The number of nitrogens with one attached hydrogen (secondary N) is 1. The summed E-state index contributed by atoms with van der Waals surface area (Å²) in [6, 6.07) is 5.72. The van der Waals surface area contributed by atoms with E-state index in [9.17, 15) is 4.79 Å². The number of methoxy groups -OCH3 is 2.